The fourth-order valence-electron chi connectivity index (χ4n) is 1.71. The fraction of sp³-hybridized carbons (Fsp3) is 0.667. The summed E-state index contributed by atoms with van der Waals surface area (Å²) in [6, 6.07) is 0. The van der Waals surface area contributed by atoms with Crippen molar-refractivity contribution in [1.29, 1.82) is 0 Å². The van der Waals surface area contributed by atoms with Crippen LogP contribution in [0.4, 0.5) is 0 Å². The predicted molar refractivity (Wildman–Crippen MR) is 63.0 cm³/mol. The van der Waals surface area contributed by atoms with E-state index in [0.29, 0.717) is 12.5 Å². The van der Waals surface area contributed by atoms with Gasteiger partial charge in [-0.2, -0.15) is 0 Å². The quantitative estimate of drug-likeness (QED) is 0.680. The van der Waals surface area contributed by atoms with Crippen LogP contribution >= 0.6 is 0 Å². The molecular weight excluding hydrogens is 206 g/mol. The van der Waals surface area contributed by atoms with Gasteiger partial charge < -0.3 is 10.4 Å². The van der Waals surface area contributed by atoms with E-state index in [2.05, 4.69) is 33.0 Å². The molecule has 92 valence electrons. The lowest BCUT2D eigenvalue weighted by Gasteiger charge is -2.26. The summed E-state index contributed by atoms with van der Waals surface area (Å²) in [5.74, 6) is -0.905. The number of carboxylic acid groups (broad SMARTS) is 1. The number of hydrogen-bond acceptors (Lipinski definition) is 2. The van der Waals surface area contributed by atoms with Crippen LogP contribution in [0.15, 0.2) is 12.2 Å². The topological polar surface area (TPSA) is 66.4 Å². The largest absolute Gasteiger partial charge is 0.478 e. The lowest BCUT2D eigenvalue weighted by molar-refractivity contribution is -0.131. The first-order valence-corrected chi connectivity index (χ1v) is 5.42. The van der Waals surface area contributed by atoms with Gasteiger partial charge in [0.05, 0.1) is 0 Å². The molecule has 2 N–H and O–H groups in total. The molecule has 0 aliphatic rings. The monoisotopic (exact) mass is 227 g/mol. The number of carbonyl (C=O) groups is 2. The van der Waals surface area contributed by atoms with Gasteiger partial charge in [0.15, 0.2) is 0 Å². The standard InChI is InChI=1S/C12H21NO3/c1-9(2)7-12(3,4)8-13-10(14)5-6-11(15)16/h5-6,9H,7-8H2,1-4H3,(H,13,14)(H,15,16)/b6-5+. The summed E-state index contributed by atoms with van der Waals surface area (Å²) in [4.78, 5) is 21.4. The number of nitrogens with one attached hydrogen (secondary N) is 1. The predicted octanol–water partition coefficient (Wildman–Crippen LogP) is 1.82. The van der Waals surface area contributed by atoms with E-state index >= 15 is 0 Å². The zero-order valence-corrected chi connectivity index (χ0v) is 10.4. The first kappa shape index (κ1) is 14.7. The Balaban J connectivity index is 4.04. The number of rotatable bonds is 6. The molecule has 0 rings (SSSR count). The Morgan fingerprint density at radius 3 is 2.31 bits per heavy atom. The van der Waals surface area contributed by atoms with Gasteiger partial charge in [0.2, 0.25) is 5.91 Å². The van der Waals surface area contributed by atoms with Crippen LogP contribution in [0.2, 0.25) is 0 Å². The van der Waals surface area contributed by atoms with E-state index in [1.54, 1.807) is 0 Å². The van der Waals surface area contributed by atoms with Crippen molar-refractivity contribution in [2.75, 3.05) is 6.54 Å². The average Bonchev–Trinajstić information content (AvgIpc) is 2.09. The van der Waals surface area contributed by atoms with Gasteiger partial charge in [0, 0.05) is 18.7 Å². The van der Waals surface area contributed by atoms with Crippen molar-refractivity contribution in [3.8, 4) is 0 Å². The summed E-state index contributed by atoms with van der Waals surface area (Å²) in [6.07, 6.45) is 2.88. The average molecular weight is 227 g/mol. The van der Waals surface area contributed by atoms with E-state index in [1.807, 2.05) is 0 Å². The number of carbonyl (C=O) groups excluding carboxylic acids is 1. The Bertz CT molecular complexity index is 280. The maximum atomic E-state index is 11.2. The molecule has 0 aliphatic heterocycles. The molecule has 4 nitrogen and oxygen atoms in total. The molecule has 0 bridgehead atoms. The second kappa shape index (κ2) is 6.30. The van der Waals surface area contributed by atoms with E-state index in [1.165, 1.54) is 0 Å². The number of hydrogen-bond donors (Lipinski definition) is 2. The van der Waals surface area contributed by atoms with Gasteiger partial charge in [0.25, 0.3) is 0 Å². The zero-order chi connectivity index (χ0) is 12.8. The molecule has 0 spiro atoms. The maximum absolute atomic E-state index is 11.2. The molecule has 1 amide bonds. The molecule has 0 saturated heterocycles. The van der Waals surface area contributed by atoms with Crippen LogP contribution in [0, 0.1) is 11.3 Å². The van der Waals surface area contributed by atoms with Gasteiger partial charge in [0.1, 0.15) is 0 Å². The third-order valence-electron chi connectivity index (χ3n) is 2.08. The highest BCUT2D eigenvalue weighted by Gasteiger charge is 2.19. The van der Waals surface area contributed by atoms with Crippen molar-refractivity contribution in [2.24, 2.45) is 11.3 Å². The molecule has 0 aromatic heterocycles. The zero-order valence-electron chi connectivity index (χ0n) is 10.4. The van der Waals surface area contributed by atoms with E-state index < -0.39 is 5.97 Å². The number of aliphatic carboxylic acids is 1. The molecule has 4 heteroatoms. The van der Waals surface area contributed by atoms with Crippen LogP contribution in [0.1, 0.15) is 34.1 Å². The molecule has 0 radical (unpaired) electrons. The normalized spacial score (nSPS) is 12.1. The highest BCUT2D eigenvalue weighted by molar-refractivity contribution is 5.93. The molecule has 0 heterocycles. The van der Waals surface area contributed by atoms with Crippen molar-refractivity contribution < 1.29 is 14.7 Å². The molecule has 16 heavy (non-hydrogen) atoms. The number of amides is 1. The van der Waals surface area contributed by atoms with Crippen molar-refractivity contribution in [2.45, 2.75) is 34.1 Å². The highest BCUT2D eigenvalue weighted by Crippen LogP contribution is 2.23. The molecule has 0 atom stereocenters. The summed E-state index contributed by atoms with van der Waals surface area (Å²) in [6.45, 7) is 8.97. The lowest BCUT2D eigenvalue weighted by Crippen LogP contribution is -2.33. The van der Waals surface area contributed by atoms with Crippen molar-refractivity contribution in [3.63, 3.8) is 0 Å². The Labute approximate surface area is 96.7 Å². The molecule has 0 saturated carbocycles. The Kier molecular flexibility index (Phi) is 5.78. The maximum Gasteiger partial charge on any atom is 0.328 e. The van der Waals surface area contributed by atoms with Gasteiger partial charge in [-0.05, 0) is 17.8 Å². The third kappa shape index (κ3) is 8.03. The molecule has 0 unspecified atom stereocenters. The molecule has 0 aliphatic carbocycles. The summed E-state index contributed by atoms with van der Waals surface area (Å²) in [5, 5.41) is 11.0. The molecule has 0 aromatic rings. The minimum absolute atomic E-state index is 0.0287. The van der Waals surface area contributed by atoms with Crippen LogP contribution in [-0.2, 0) is 9.59 Å². The van der Waals surface area contributed by atoms with Crippen molar-refractivity contribution in [3.05, 3.63) is 12.2 Å². The first-order chi connectivity index (χ1) is 7.23. The second-order valence-corrected chi connectivity index (χ2v) is 5.15. The van der Waals surface area contributed by atoms with Crippen LogP contribution in [0.5, 0.6) is 0 Å². The molecule has 0 aromatic carbocycles. The van der Waals surface area contributed by atoms with Crippen LogP contribution in [0.25, 0.3) is 0 Å². The van der Waals surface area contributed by atoms with Gasteiger partial charge in [-0.15, -0.1) is 0 Å². The summed E-state index contributed by atoms with van der Waals surface area (Å²) in [5.41, 5.74) is 0.0287. The van der Waals surface area contributed by atoms with E-state index in [0.717, 1.165) is 18.6 Å². The minimum atomic E-state index is -1.11. The third-order valence-corrected chi connectivity index (χ3v) is 2.08. The van der Waals surface area contributed by atoms with Gasteiger partial charge >= 0.3 is 5.97 Å². The first-order valence-electron chi connectivity index (χ1n) is 5.42. The van der Waals surface area contributed by atoms with E-state index in [4.69, 9.17) is 5.11 Å². The highest BCUT2D eigenvalue weighted by atomic mass is 16.4. The lowest BCUT2D eigenvalue weighted by atomic mass is 9.84. The van der Waals surface area contributed by atoms with Crippen LogP contribution < -0.4 is 5.32 Å². The summed E-state index contributed by atoms with van der Waals surface area (Å²) in [7, 11) is 0. The Morgan fingerprint density at radius 1 is 1.31 bits per heavy atom. The SMILES string of the molecule is CC(C)CC(C)(C)CNC(=O)/C=C/C(=O)O. The van der Waals surface area contributed by atoms with Crippen LogP contribution in [0.3, 0.4) is 0 Å². The fourth-order valence-corrected chi connectivity index (χ4v) is 1.71. The van der Waals surface area contributed by atoms with Gasteiger partial charge in [-0.3, -0.25) is 4.79 Å². The smallest absolute Gasteiger partial charge is 0.328 e. The Morgan fingerprint density at radius 2 is 1.88 bits per heavy atom. The molecule has 0 fully saturated rings. The van der Waals surface area contributed by atoms with Crippen molar-refractivity contribution in [1.82, 2.24) is 5.32 Å². The minimum Gasteiger partial charge on any atom is -0.478 e. The van der Waals surface area contributed by atoms with E-state index in [9.17, 15) is 9.59 Å². The van der Waals surface area contributed by atoms with Crippen molar-refractivity contribution >= 4 is 11.9 Å². The summed E-state index contributed by atoms with van der Waals surface area (Å²) < 4.78 is 0. The molecular formula is C12H21NO3. The summed E-state index contributed by atoms with van der Waals surface area (Å²) >= 11 is 0. The Hall–Kier alpha value is -1.32. The second-order valence-electron chi connectivity index (χ2n) is 5.15. The van der Waals surface area contributed by atoms with Crippen LogP contribution in [-0.4, -0.2) is 23.5 Å². The number of carboxylic acids is 1. The van der Waals surface area contributed by atoms with Gasteiger partial charge in [-0.25, -0.2) is 4.79 Å². The van der Waals surface area contributed by atoms with E-state index in [-0.39, 0.29) is 11.3 Å². The van der Waals surface area contributed by atoms with Gasteiger partial charge in [-0.1, -0.05) is 27.7 Å².